The molecule has 1 amide bonds. The van der Waals surface area contributed by atoms with E-state index in [1.807, 2.05) is 37.3 Å². The molecule has 3 aromatic carbocycles. The van der Waals surface area contributed by atoms with Crippen LogP contribution in [0.1, 0.15) is 23.1 Å². The number of halogens is 1. The van der Waals surface area contributed by atoms with Gasteiger partial charge in [0.1, 0.15) is 5.75 Å². The maximum Gasteiger partial charge on any atom is 0.264 e. The van der Waals surface area contributed by atoms with Crippen molar-refractivity contribution < 1.29 is 17.9 Å². The molecule has 0 radical (unpaired) electrons. The van der Waals surface area contributed by atoms with Gasteiger partial charge in [-0.2, -0.15) is 0 Å². The Morgan fingerprint density at radius 1 is 1.06 bits per heavy atom. The molecule has 0 atom stereocenters. The molecule has 0 unspecified atom stereocenters. The van der Waals surface area contributed by atoms with Crippen molar-refractivity contribution in [2.45, 2.75) is 31.6 Å². The average molecular weight is 485 g/mol. The Kier molecular flexibility index (Phi) is 6.63. The lowest BCUT2D eigenvalue weighted by molar-refractivity contribution is -0.118. The van der Waals surface area contributed by atoms with Gasteiger partial charge in [0.05, 0.1) is 10.6 Å². The van der Waals surface area contributed by atoms with Crippen molar-refractivity contribution in [1.82, 2.24) is 0 Å². The molecule has 0 bridgehead atoms. The van der Waals surface area contributed by atoms with Gasteiger partial charge in [-0.3, -0.25) is 9.10 Å². The molecule has 0 saturated carbocycles. The first-order valence-electron chi connectivity index (χ1n) is 10.7. The summed E-state index contributed by atoms with van der Waals surface area (Å²) < 4.78 is 33.8. The molecule has 0 fully saturated rings. The fourth-order valence-electron chi connectivity index (χ4n) is 3.83. The highest BCUT2D eigenvalue weighted by atomic mass is 35.5. The minimum atomic E-state index is -3.71. The summed E-state index contributed by atoms with van der Waals surface area (Å²) in [5.41, 5.74) is 3.90. The number of benzene rings is 3. The average Bonchev–Trinajstić information content (AvgIpc) is 2.80. The summed E-state index contributed by atoms with van der Waals surface area (Å²) in [6, 6.07) is 17.6. The van der Waals surface area contributed by atoms with E-state index in [1.54, 1.807) is 31.2 Å². The Morgan fingerprint density at radius 3 is 2.61 bits per heavy atom. The van der Waals surface area contributed by atoms with Crippen LogP contribution in [0.2, 0.25) is 5.02 Å². The molecule has 1 aliphatic heterocycles. The van der Waals surface area contributed by atoms with E-state index < -0.39 is 10.0 Å². The number of fused-ring (bicyclic) bond motifs is 1. The highest BCUT2D eigenvalue weighted by Gasteiger charge is 2.29. The zero-order valence-corrected chi connectivity index (χ0v) is 20.0. The number of ether oxygens (including phenoxy) is 1. The molecule has 4 rings (SSSR count). The Morgan fingerprint density at radius 2 is 1.85 bits per heavy atom. The number of amides is 1. The number of aryl methyl sites for hydroxylation is 3. The first-order valence-corrected chi connectivity index (χ1v) is 12.5. The van der Waals surface area contributed by atoms with E-state index in [0.717, 1.165) is 29.7 Å². The molecule has 1 N–H and O–H groups in total. The van der Waals surface area contributed by atoms with Crippen molar-refractivity contribution in [2.24, 2.45) is 0 Å². The minimum absolute atomic E-state index is 0.197. The molecule has 3 aromatic rings. The Balaban J connectivity index is 1.46. The topological polar surface area (TPSA) is 75.7 Å². The standard InChI is InChI=1S/C25H25ClN2O4S/c1-17-9-10-20(15-22(17)26)27-25(29)16-32-24-12-11-21(14-18(24)2)33(30,31)28-13-5-7-19-6-3-4-8-23(19)28/h3-4,6,8-12,14-15H,5,7,13,16H2,1-2H3,(H,27,29). The van der Waals surface area contributed by atoms with Crippen molar-refractivity contribution in [3.8, 4) is 5.75 Å². The van der Waals surface area contributed by atoms with Gasteiger partial charge in [-0.1, -0.05) is 35.9 Å². The molecule has 33 heavy (non-hydrogen) atoms. The number of para-hydroxylation sites is 1. The molecular formula is C25H25ClN2O4S. The number of carbonyl (C=O) groups is 1. The number of rotatable bonds is 6. The van der Waals surface area contributed by atoms with Gasteiger partial charge >= 0.3 is 0 Å². The van der Waals surface area contributed by atoms with Crippen LogP contribution in [0.15, 0.2) is 65.6 Å². The Hall–Kier alpha value is -3.03. The summed E-state index contributed by atoms with van der Waals surface area (Å²) in [4.78, 5) is 12.5. The van der Waals surface area contributed by atoms with E-state index in [2.05, 4.69) is 5.32 Å². The van der Waals surface area contributed by atoms with E-state index >= 15 is 0 Å². The van der Waals surface area contributed by atoms with Crippen LogP contribution < -0.4 is 14.4 Å². The number of sulfonamides is 1. The van der Waals surface area contributed by atoms with Crippen molar-refractivity contribution in [3.63, 3.8) is 0 Å². The lowest BCUT2D eigenvalue weighted by Gasteiger charge is -2.30. The van der Waals surface area contributed by atoms with Crippen molar-refractivity contribution >= 4 is 38.9 Å². The molecule has 0 aliphatic carbocycles. The van der Waals surface area contributed by atoms with E-state index in [-0.39, 0.29) is 17.4 Å². The smallest absolute Gasteiger partial charge is 0.264 e. The van der Waals surface area contributed by atoms with E-state index in [0.29, 0.717) is 28.6 Å². The minimum Gasteiger partial charge on any atom is -0.483 e. The number of hydrogen-bond donors (Lipinski definition) is 1. The predicted octanol–water partition coefficient (Wildman–Crippen LogP) is 5.12. The molecule has 6 nitrogen and oxygen atoms in total. The van der Waals surface area contributed by atoms with Gasteiger partial charge in [0, 0.05) is 17.3 Å². The largest absolute Gasteiger partial charge is 0.483 e. The van der Waals surface area contributed by atoms with Crippen LogP contribution in [-0.2, 0) is 21.2 Å². The molecule has 0 saturated heterocycles. The third-order valence-electron chi connectivity index (χ3n) is 5.62. The van der Waals surface area contributed by atoms with Crippen LogP contribution in [0.25, 0.3) is 0 Å². The first-order chi connectivity index (χ1) is 15.8. The fraction of sp³-hybridized carbons (Fsp3) is 0.240. The second-order valence-corrected chi connectivity index (χ2v) is 10.3. The van der Waals surface area contributed by atoms with Crippen LogP contribution in [0.4, 0.5) is 11.4 Å². The summed E-state index contributed by atoms with van der Waals surface area (Å²) in [5, 5.41) is 3.30. The number of anilines is 2. The number of hydrogen-bond acceptors (Lipinski definition) is 4. The van der Waals surface area contributed by atoms with Gasteiger partial charge in [0.15, 0.2) is 6.61 Å². The van der Waals surface area contributed by atoms with E-state index in [4.69, 9.17) is 16.3 Å². The fourth-order valence-corrected chi connectivity index (χ4v) is 5.64. The second kappa shape index (κ2) is 9.45. The van der Waals surface area contributed by atoms with Gasteiger partial charge in [0.2, 0.25) is 0 Å². The molecule has 1 heterocycles. The van der Waals surface area contributed by atoms with E-state index in [9.17, 15) is 13.2 Å². The summed E-state index contributed by atoms with van der Waals surface area (Å²) in [6.45, 7) is 3.88. The summed E-state index contributed by atoms with van der Waals surface area (Å²) in [7, 11) is -3.71. The van der Waals surface area contributed by atoms with Crippen LogP contribution in [-0.4, -0.2) is 27.5 Å². The third kappa shape index (κ3) is 4.99. The highest BCUT2D eigenvalue weighted by Crippen LogP contribution is 2.33. The van der Waals surface area contributed by atoms with Crippen molar-refractivity contribution in [1.29, 1.82) is 0 Å². The highest BCUT2D eigenvalue weighted by molar-refractivity contribution is 7.92. The van der Waals surface area contributed by atoms with Crippen LogP contribution in [0, 0.1) is 13.8 Å². The quantitative estimate of drug-likeness (QED) is 0.527. The van der Waals surface area contributed by atoms with E-state index in [1.165, 1.54) is 10.4 Å². The molecule has 0 aromatic heterocycles. The normalized spacial score (nSPS) is 13.4. The third-order valence-corrected chi connectivity index (χ3v) is 7.83. The number of nitrogens with one attached hydrogen (secondary N) is 1. The van der Waals surface area contributed by atoms with Crippen molar-refractivity contribution in [2.75, 3.05) is 22.8 Å². The predicted molar refractivity (Wildman–Crippen MR) is 131 cm³/mol. The summed E-state index contributed by atoms with van der Waals surface area (Å²) >= 11 is 6.09. The molecule has 0 spiro atoms. The van der Waals surface area contributed by atoms with Crippen molar-refractivity contribution in [3.05, 3.63) is 82.4 Å². The number of nitrogens with zero attached hydrogens (tertiary/aromatic N) is 1. The number of carbonyl (C=O) groups excluding carboxylic acids is 1. The van der Waals surface area contributed by atoms with Gasteiger partial charge in [-0.05, 0) is 79.8 Å². The first kappa shape index (κ1) is 23.1. The van der Waals surface area contributed by atoms with Gasteiger partial charge in [0.25, 0.3) is 15.9 Å². The zero-order chi connectivity index (χ0) is 23.6. The Labute approximate surface area is 199 Å². The van der Waals surface area contributed by atoms with Gasteiger partial charge in [-0.15, -0.1) is 0 Å². The molecule has 1 aliphatic rings. The van der Waals surface area contributed by atoms with Crippen LogP contribution >= 0.6 is 11.6 Å². The molecule has 172 valence electrons. The maximum absolute atomic E-state index is 13.3. The van der Waals surface area contributed by atoms with Gasteiger partial charge in [-0.25, -0.2) is 8.42 Å². The maximum atomic E-state index is 13.3. The lowest BCUT2D eigenvalue weighted by atomic mass is 10.0. The lowest BCUT2D eigenvalue weighted by Crippen LogP contribution is -2.35. The van der Waals surface area contributed by atoms with Crippen LogP contribution in [0.3, 0.4) is 0 Å². The monoisotopic (exact) mass is 484 g/mol. The van der Waals surface area contributed by atoms with Crippen LogP contribution in [0.5, 0.6) is 5.75 Å². The van der Waals surface area contributed by atoms with Gasteiger partial charge < -0.3 is 10.1 Å². The second-order valence-electron chi connectivity index (χ2n) is 8.04. The zero-order valence-electron chi connectivity index (χ0n) is 18.5. The summed E-state index contributed by atoms with van der Waals surface area (Å²) in [6.07, 6.45) is 1.64. The summed E-state index contributed by atoms with van der Waals surface area (Å²) in [5.74, 6) is 0.112. The Bertz CT molecular complexity index is 1310. The molecule has 8 heteroatoms. The SMILES string of the molecule is Cc1ccc(NC(=O)COc2ccc(S(=O)(=O)N3CCCc4ccccc43)cc2C)cc1Cl. The molecular weight excluding hydrogens is 460 g/mol.